The van der Waals surface area contributed by atoms with Crippen LogP contribution < -0.4 is 16.4 Å². The molecule has 0 saturated heterocycles. The van der Waals surface area contributed by atoms with Crippen LogP contribution in [0.2, 0.25) is 0 Å². The summed E-state index contributed by atoms with van der Waals surface area (Å²) in [4.78, 5) is 46.7. The molecular weight excluding hydrogens is 420 g/mol. The molecule has 0 radical (unpaired) electrons. The fourth-order valence-corrected chi connectivity index (χ4v) is 2.77. The lowest BCUT2D eigenvalue weighted by Gasteiger charge is -2.23. The van der Waals surface area contributed by atoms with Crippen molar-refractivity contribution in [2.45, 2.75) is 38.1 Å². The molecule has 32 heavy (non-hydrogen) atoms. The van der Waals surface area contributed by atoms with Crippen LogP contribution >= 0.6 is 0 Å². The number of amides is 3. The van der Waals surface area contributed by atoms with Crippen LogP contribution in [-0.4, -0.2) is 46.1 Å². The minimum Gasteiger partial charge on any atom is -0.445 e. The molecule has 0 fully saturated rings. The quantitative estimate of drug-likeness (QED) is 0.309. The molecule has 3 atom stereocenters. The number of primary amides is 1. The second-order valence-corrected chi connectivity index (χ2v) is 7.02. The van der Waals surface area contributed by atoms with E-state index in [1.807, 2.05) is 6.07 Å². The number of nitrogens with zero attached hydrogens (tertiary/aromatic N) is 1. The van der Waals surface area contributed by atoms with E-state index in [1.165, 1.54) is 31.2 Å². The first-order valence-electron chi connectivity index (χ1n) is 9.65. The number of rotatable bonds is 10. The largest absolute Gasteiger partial charge is 0.445 e. The van der Waals surface area contributed by atoms with Crippen LogP contribution in [0.4, 0.5) is 10.5 Å². The Morgan fingerprint density at radius 2 is 1.69 bits per heavy atom. The molecule has 11 heteroatoms. The van der Waals surface area contributed by atoms with Gasteiger partial charge in [-0.1, -0.05) is 42.5 Å². The number of nitro benzene ring substituents is 1. The van der Waals surface area contributed by atoms with Crippen LogP contribution in [0.5, 0.6) is 0 Å². The Labute approximate surface area is 183 Å². The molecular formula is C21H24N4O7. The number of carbonyl (C=O) groups is 3. The van der Waals surface area contributed by atoms with Crippen LogP contribution in [0.25, 0.3) is 0 Å². The van der Waals surface area contributed by atoms with E-state index in [1.54, 1.807) is 24.3 Å². The molecule has 2 rings (SSSR count). The number of nitrogens with two attached hydrogens (primary N) is 1. The van der Waals surface area contributed by atoms with Gasteiger partial charge in [-0.2, -0.15) is 0 Å². The molecule has 5 N–H and O–H groups in total. The second kappa shape index (κ2) is 11.4. The molecule has 0 unspecified atom stereocenters. The highest BCUT2D eigenvalue weighted by Crippen LogP contribution is 2.13. The predicted molar refractivity (Wildman–Crippen MR) is 113 cm³/mol. The van der Waals surface area contributed by atoms with E-state index in [-0.39, 0.29) is 18.7 Å². The fourth-order valence-electron chi connectivity index (χ4n) is 2.77. The van der Waals surface area contributed by atoms with Crippen molar-refractivity contribution >= 4 is 23.6 Å². The highest BCUT2D eigenvalue weighted by Gasteiger charge is 2.29. The van der Waals surface area contributed by atoms with Gasteiger partial charge in [-0.05, 0) is 18.1 Å². The molecule has 3 amide bonds. The van der Waals surface area contributed by atoms with Crippen molar-refractivity contribution in [2.75, 3.05) is 0 Å². The van der Waals surface area contributed by atoms with Gasteiger partial charge in [0, 0.05) is 18.6 Å². The third-order valence-corrected chi connectivity index (χ3v) is 4.50. The van der Waals surface area contributed by atoms with Gasteiger partial charge in [0.1, 0.15) is 18.7 Å². The van der Waals surface area contributed by atoms with Gasteiger partial charge < -0.3 is 26.2 Å². The van der Waals surface area contributed by atoms with Crippen LogP contribution in [0, 0.1) is 10.1 Å². The summed E-state index contributed by atoms with van der Waals surface area (Å²) >= 11 is 0. The Balaban J connectivity index is 1.99. The maximum atomic E-state index is 12.6. The maximum Gasteiger partial charge on any atom is 0.408 e. The first-order valence-corrected chi connectivity index (χ1v) is 9.65. The highest BCUT2D eigenvalue weighted by molar-refractivity contribution is 5.91. The van der Waals surface area contributed by atoms with Crippen LogP contribution in [0.1, 0.15) is 18.1 Å². The van der Waals surface area contributed by atoms with E-state index in [9.17, 15) is 29.6 Å². The minimum atomic E-state index is -1.41. The molecule has 0 bridgehead atoms. The van der Waals surface area contributed by atoms with E-state index in [2.05, 4.69) is 10.6 Å². The standard InChI is InChI=1S/C21H24N4O7/c1-13(26)18(24-21(29)32-12-15-5-3-2-4-6-15)20(28)23-17(19(22)27)11-14-7-9-16(10-8-14)25(30)31/h2-10,13,17-18,26H,11-12H2,1H3,(H2,22,27)(H,23,28)(H,24,29)/t13-,17+,18+/m1/s1. The zero-order valence-corrected chi connectivity index (χ0v) is 17.3. The number of nitro groups is 1. The third-order valence-electron chi connectivity index (χ3n) is 4.50. The molecule has 0 aliphatic heterocycles. The molecule has 170 valence electrons. The Kier molecular flexibility index (Phi) is 8.66. The fraction of sp³-hybridized carbons (Fsp3) is 0.286. The second-order valence-electron chi connectivity index (χ2n) is 7.02. The van der Waals surface area contributed by atoms with Gasteiger partial charge in [-0.3, -0.25) is 19.7 Å². The molecule has 0 saturated carbocycles. The number of aliphatic hydroxyl groups is 1. The van der Waals surface area contributed by atoms with Gasteiger partial charge in [0.15, 0.2) is 0 Å². The minimum absolute atomic E-state index is 0.0368. The van der Waals surface area contributed by atoms with Crippen molar-refractivity contribution in [1.29, 1.82) is 0 Å². The summed E-state index contributed by atoms with van der Waals surface area (Å²) in [6, 6.07) is 11.7. The van der Waals surface area contributed by atoms with Crippen molar-refractivity contribution in [3.05, 3.63) is 75.8 Å². The number of non-ortho nitro benzene ring substituents is 1. The molecule has 0 aromatic heterocycles. The number of aliphatic hydroxyl groups excluding tert-OH is 1. The monoisotopic (exact) mass is 444 g/mol. The third kappa shape index (κ3) is 7.36. The van der Waals surface area contributed by atoms with Gasteiger partial charge >= 0.3 is 6.09 Å². The molecule has 0 aliphatic rings. The van der Waals surface area contributed by atoms with Crippen molar-refractivity contribution in [3.8, 4) is 0 Å². The van der Waals surface area contributed by atoms with E-state index >= 15 is 0 Å². The number of alkyl carbamates (subject to hydrolysis) is 1. The topological polar surface area (TPSA) is 174 Å². The summed E-state index contributed by atoms with van der Waals surface area (Å²) in [5.41, 5.74) is 6.49. The normalized spacial score (nSPS) is 13.3. The lowest BCUT2D eigenvalue weighted by molar-refractivity contribution is -0.384. The smallest absolute Gasteiger partial charge is 0.408 e. The summed E-state index contributed by atoms with van der Waals surface area (Å²) in [5, 5.41) is 25.3. The van der Waals surface area contributed by atoms with Crippen molar-refractivity contribution in [1.82, 2.24) is 10.6 Å². The summed E-state index contributed by atoms with van der Waals surface area (Å²) < 4.78 is 5.05. The van der Waals surface area contributed by atoms with Gasteiger partial charge in [0.2, 0.25) is 11.8 Å². The Morgan fingerprint density at radius 1 is 1.06 bits per heavy atom. The van der Waals surface area contributed by atoms with Crippen molar-refractivity contribution in [2.24, 2.45) is 5.73 Å². The highest BCUT2D eigenvalue weighted by atomic mass is 16.6. The zero-order chi connectivity index (χ0) is 23.7. The van der Waals surface area contributed by atoms with Gasteiger partial charge in [-0.15, -0.1) is 0 Å². The SMILES string of the molecule is C[C@@H](O)[C@H](NC(=O)OCc1ccccc1)C(=O)N[C@@H](Cc1ccc([N+](=O)[O-])cc1)C(N)=O. The number of hydrogen-bond acceptors (Lipinski definition) is 7. The Morgan fingerprint density at radius 3 is 2.22 bits per heavy atom. The van der Waals surface area contributed by atoms with Gasteiger partial charge in [0.05, 0.1) is 11.0 Å². The van der Waals surface area contributed by atoms with E-state index < -0.39 is 41.0 Å². The average molecular weight is 444 g/mol. The number of carbonyl (C=O) groups excluding carboxylic acids is 3. The van der Waals surface area contributed by atoms with Crippen molar-refractivity contribution in [3.63, 3.8) is 0 Å². The van der Waals surface area contributed by atoms with E-state index in [0.29, 0.717) is 5.56 Å². The van der Waals surface area contributed by atoms with Gasteiger partial charge in [-0.25, -0.2) is 4.79 Å². The summed E-state index contributed by atoms with van der Waals surface area (Å²) in [7, 11) is 0. The number of benzene rings is 2. The summed E-state index contributed by atoms with van der Waals surface area (Å²) in [6.45, 7) is 1.25. The molecule has 0 heterocycles. The molecule has 0 aliphatic carbocycles. The zero-order valence-electron chi connectivity index (χ0n) is 17.3. The Bertz CT molecular complexity index is 948. The molecule has 2 aromatic carbocycles. The van der Waals surface area contributed by atoms with Crippen LogP contribution in [0.15, 0.2) is 54.6 Å². The lowest BCUT2D eigenvalue weighted by atomic mass is 10.0. The molecule has 11 nitrogen and oxygen atoms in total. The van der Waals surface area contributed by atoms with E-state index in [4.69, 9.17) is 10.5 Å². The maximum absolute atomic E-state index is 12.6. The Hall–Kier alpha value is -3.99. The van der Waals surface area contributed by atoms with Gasteiger partial charge in [0.25, 0.3) is 5.69 Å². The number of ether oxygens (including phenoxy) is 1. The predicted octanol–water partition coefficient (Wildman–Crippen LogP) is 0.783. The summed E-state index contributed by atoms with van der Waals surface area (Å²) in [5.74, 6) is -1.70. The lowest BCUT2D eigenvalue weighted by Crippen LogP contribution is -2.57. The van der Waals surface area contributed by atoms with E-state index in [0.717, 1.165) is 5.56 Å². The summed E-state index contributed by atoms with van der Waals surface area (Å²) in [6.07, 6.45) is -2.27. The number of hydrogen-bond donors (Lipinski definition) is 4. The molecule has 0 spiro atoms. The van der Waals surface area contributed by atoms with Crippen molar-refractivity contribution < 1.29 is 29.2 Å². The average Bonchev–Trinajstić information content (AvgIpc) is 2.76. The first-order chi connectivity index (χ1) is 15.2. The number of nitrogens with one attached hydrogen (secondary N) is 2. The van der Waals surface area contributed by atoms with Crippen LogP contribution in [-0.2, 0) is 27.4 Å². The molecule has 2 aromatic rings. The first kappa shape index (κ1) is 24.3. The van der Waals surface area contributed by atoms with Crippen LogP contribution in [0.3, 0.4) is 0 Å².